The number of aromatic amines is 1. The fourth-order valence-corrected chi connectivity index (χ4v) is 2.78. The van der Waals surface area contributed by atoms with E-state index in [0.717, 1.165) is 5.69 Å². The summed E-state index contributed by atoms with van der Waals surface area (Å²) in [5.74, 6) is 0.200. The summed E-state index contributed by atoms with van der Waals surface area (Å²) in [6.07, 6.45) is 5.35. The van der Waals surface area contributed by atoms with Crippen molar-refractivity contribution in [1.29, 1.82) is 0 Å². The number of rotatable bonds is 6. The summed E-state index contributed by atoms with van der Waals surface area (Å²) in [5, 5.41) is 10.6. The van der Waals surface area contributed by atoms with Crippen LogP contribution in [0.4, 0.5) is 5.82 Å². The van der Waals surface area contributed by atoms with Crippen LogP contribution in [0.1, 0.15) is 18.5 Å². The number of hydrogen-bond acceptors (Lipinski definition) is 5. The molecule has 0 amide bonds. The molecule has 2 aromatic heterocycles. The van der Waals surface area contributed by atoms with E-state index < -0.39 is 10.0 Å². The standard InChI is InChI=1S/C12H15N5O2S/c18-20(19,17-12-2-1-5-15-16-12)11-6-10(14-8-11)7-13-9-3-4-9/h1-2,5-6,8-9,13-14H,3-4,7H2,(H,16,17). The van der Waals surface area contributed by atoms with Crippen LogP contribution in [0.3, 0.4) is 0 Å². The van der Waals surface area contributed by atoms with E-state index in [1.54, 1.807) is 18.2 Å². The quantitative estimate of drug-likeness (QED) is 0.733. The zero-order valence-electron chi connectivity index (χ0n) is 10.7. The normalized spacial score (nSPS) is 15.2. The van der Waals surface area contributed by atoms with E-state index in [0.29, 0.717) is 12.6 Å². The van der Waals surface area contributed by atoms with Gasteiger partial charge >= 0.3 is 0 Å². The van der Waals surface area contributed by atoms with Crippen LogP contribution in [0.2, 0.25) is 0 Å². The summed E-state index contributed by atoms with van der Waals surface area (Å²) in [5.41, 5.74) is 0.844. The van der Waals surface area contributed by atoms with Gasteiger partial charge in [0.25, 0.3) is 10.0 Å². The molecule has 1 aliphatic rings. The zero-order valence-corrected chi connectivity index (χ0v) is 11.5. The Kier molecular flexibility index (Phi) is 3.41. The van der Waals surface area contributed by atoms with Crippen molar-refractivity contribution in [3.8, 4) is 0 Å². The van der Waals surface area contributed by atoms with Crippen LogP contribution in [-0.2, 0) is 16.6 Å². The lowest BCUT2D eigenvalue weighted by molar-refractivity contribution is 0.601. The molecule has 0 aromatic carbocycles. The SMILES string of the molecule is O=S(=O)(Nc1cccnn1)c1c[nH]c(CNC2CC2)c1. The van der Waals surface area contributed by atoms with E-state index in [2.05, 4.69) is 25.2 Å². The third-order valence-electron chi connectivity index (χ3n) is 3.00. The van der Waals surface area contributed by atoms with Crippen LogP contribution in [0.25, 0.3) is 0 Å². The van der Waals surface area contributed by atoms with Crippen molar-refractivity contribution in [2.24, 2.45) is 0 Å². The van der Waals surface area contributed by atoms with Gasteiger partial charge in [0.1, 0.15) is 4.90 Å². The van der Waals surface area contributed by atoms with E-state index >= 15 is 0 Å². The van der Waals surface area contributed by atoms with Crippen LogP contribution in [0.5, 0.6) is 0 Å². The highest BCUT2D eigenvalue weighted by Gasteiger charge is 2.21. The molecule has 3 rings (SSSR count). The Morgan fingerprint density at radius 3 is 2.95 bits per heavy atom. The molecule has 0 atom stereocenters. The van der Waals surface area contributed by atoms with E-state index in [4.69, 9.17) is 0 Å². The van der Waals surface area contributed by atoms with E-state index in [1.165, 1.54) is 25.2 Å². The van der Waals surface area contributed by atoms with Gasteiger partial charge in [-0.1, -0.05) is 0 Å². The molecule has 1 aliphatic carbocycles. The van der Waals surface area contributed by atoms with Crippen molar-refractivity contribution < 1.29 is 8.42 Å². The third kappa shape index (κ3) is 3.14. The molecule has 7 nitrogen and oxygen atoms in total. The summed E-state index contributed by atoms with van der Waals surface area (Å²) in [4.78, 5) is 3.15. The Hall–Kier alpha value is -1.93. The third-order valence-corrected chi connectivity index (χ3v) is 4.33. The number of hydrogen-bond donors (Lipinski definition) is 3. The van der Waals surface area contributed by atoms with Gasteiger partial charge in [-0.15, -0.1) is 5.10 Å². The monoisotopic (exact) mass is 293 g/mol. The molecule has 2 aromatic rings. The minimum Gasteiger partial charge on any atom is -0.363 e. The molecule has 1 fully saturated rings. The average Bonchev–Trinajstić information content (AvgIpc) is 3.13. The summed E-state index contributed by atoms with van der Waals surface area (Å²) in [6.45, 7) is 0.644. The smallest absolute Gasteiger partial charge is 0.264 e. The maximum absolute atomic E-state index is 12.1. The first kappa shape index (κ1) is 13.1. The van der Waals surface area contributed by atoms with Gasteiger partial charge in [0.15, 0.2) is 5.82 Å². The largest absolute Gasteiger partial charge is 0.363 e. The van der Waals surface area contributed by atoms with E-state index in [9.17, 15) is 8.42 Å². The van der Waals surface area contributed by atoms with Crippen molar-refractivity contribution in [1.82, 2.24) is 20.5 Å². The average molecular weight is 293 g/mol. The van der Waals surface area contributed by atoms with E-state index in [-0.39, 0.29) is 10.7 Å². The Morgan fingerprint density at radius 1 is 1.40 bits per heavy atom. The van der Waals surface area contributed by atoms with Gasteiger partial charge in [0.2, 0.25) is 0 Å². The molecular weight excluding hydrogens is 278 g/mol. The molecule has 20 heavy (non-hydrogen) atoms. The fourth-order valence-electron chi connectivity index (χ4n) is 1.77. The lowest BCUT2D eigenvalue weighted by Gasteiger charge is -2.03. The lowest BCUT2D eigenvalue weighted by Crippen LogP contribution is -2.15. The second kappa shape index (κ2) is 5.22. The Bertz CT molecular complexity index is 679. The summed E-state index contributed by atoms with van der Waals surface area (Å²) < 4.78 is 26.7. The molecule has 2 heterocycles. The topological polar surface area (TPSA) is 99.8 Å². The molecule has 0 aliphatic heterocycles. The summed E-state index contributed by atoms with van der Waals surface area (Å²) >= 11 is 0. The van der Waals surface area contributed by atoms with Crippen molar-refractivity contribution in [3.63, 3.8) is 0 Å². The van der Waals surface area contributed by atoms with Crippen LogP contribution in [0, 0.1) is 0 Å². The molecular formula is C12H15N5O2S. The van der Waals surface area contributed by atoms with Crippen LogP contribution >= 0.6 is 0 Å². The van der Waals surface area contributed by atoms with Gasteiger partial charge in [0.05, 0.1) is 0 Å². The summed E-state index contributed by atoms with van der Waals surface area (Å²) in [7, 11) is -3.63. The van der Waals surface area contributed by atoms with Gasteiger partial charge in [-0.3, -0.25) is 4.72 Å². The first-order valence-corrected chi connectivity index (χ1v) is 7.83. The van der Waals surface area contributed by atoms with Crippen molar-refractivity contribution in [3.05, 3.63) is 36.3 Å². The van der Waals surface area contributed by atoms with E-state index in [1.807, 2.05) is 0 Å². The van der Waals surface area contributed by atoms with Gasteiger partial charge in [-0.25, -0.2) is 8.42 Å². The molecule has 8 heteroatoms. The molecule has 0 spiro atoms. The molecule has 3 N–H and O–H groups in total. The summed E-state index contributed by atoms with van der Waals surface area (Å²) in [6, 6.07) is 5.37. The highest BCUT2D eigenvalue weighted by Crippen LogP contribution is 2.20. The molecule has 106 valence electrons. The second-order valence-electron chi connectivity index (χ2n) is 4.73. The maximum atomic E-state index is 12.1. The molecule has 0 bridgehead atoms. The number of nitrogens with one attached hydrogen (secondary N) is 3. The molecule has 0 saturated heterocycles. The minimum absolute atomic E-state index is 0.191. The van der Waals surface area contributed by atoms with Gasteiger partial charge in [-0.2, -0.15) is 5.10 Å². The molecule has 1 saturated carbocycles. The number of anilines is 1. The van der Waals surface area contributed by atoms with Crippen molar-refractivity contribution in [2.75, 3.05) is 4.72 Å². The van der Waals surface area contributed by atoms with Crippen molar-refractivity contribution >= 4 is 15.8 Å². The van der Waals surface area contributed by atoms with Gasteiger partial charge in [-0.05, 0) is 31.0 Å². The second-order valence-corrected chi connectivity index (χ2v) is 6.41. The number of nitrogens with zero attached hydrogens (tertiary/aromatic N) is 2. The Labute approximate surface area is 116 Å². The van der Waals surface area contributed by atoms with Crippen LogP contribution < -0.4 is 10.0 Å². The first-order chi connectivity index (χ1) is 9.63. The number of sulfonamides is 1. The van der Waals surface area contributed by atoms with Gasteiger partial charge in [0, 0.05) is 30.7 Å². The predicted molar refractivity (Wildman–Crippen MR) is 73.5 cm³/mol. The predicted octanol–water partition coefficient (Wildman–Crippen LogP) is 0.857. The first-order valence-electron chi connectivity index (χ1n) is 6.35. The Morgan fingerprint density at radius 2 is 2.25 bits per heavy atom. The minimum atomic E-state index is -3.63. The highest BCUT2D eigenvalue weighted by atomic mass is 32.2. The van der Waals surface area contributed by atoms with Crippen LogP contribution in [-0.4, -0.2) is 29.6 Å². The number of H-pyrrole nitrogens is 1. The highest BCUT2D eigenvalue weighted by molar-refractivity contribution is 7.92. The van der Waals surface area contributed by atoms with Gasteiger partial charge < -0.3 is 10.3 Å². The molecule has 0 unspecified atom stereocenters. The van der Waals surface area contributed by atoms with Crippen LogP contribution in [0.15, 0.2) is 35.5 Å². The van der Waals surface area contributed by atoms with Crippen molar-refractivity contribution in [2.45, 2.75) is 30.3 Å². The lowest BCUT2D eigenvalue weighted by atomic mass is 10.4. The maximum Gasteiger partial charge on any atom is 0.264 e. The Balaban J connectivity index is 1.70. The zero-order chi connectivity index (χ0) is 14.0. The number of aromatic nitrogens is 3. The molecule has 0 radical (unpaired) electrons. The fraction of sp³-hybridized carbons (Fsp3) is 0.333.